The van der Waals surface area contributed by atoms with Crippen LogP contribution >= 0.6 is 15.9 Å². The number of halogens is 1. The van der Waals surface area contributed by atoms with Crippen LogP contribution in [-0.2, 0) is 0 Å². The molecule has 0 saturated heterocycles. The molecule has 1 aromatic heterocycles. The largest absolute Gasteiger partial charge is 0.436 e. The van der Waals surface area contributed by atoms with Crippen molar-refractivity contribution in [3.8, 4) is 11.5 Å². The normalized spacial score (nSPS) is 11.7. The van der Waals surface area contributed by atoms with Gasteiger partial charge in [-0.1, -0.05) is 52.3 Å². The Kier molecular flexibility index (Phi) is 4.75. The Labute approximate surface area is 159 Å². The van der Waals surface area contributed by atoms with E-state index in [9.17, 15) is 0 Å². The molecule has 0 fully saturated rings. The van der Waals surface area contributed by atoms with Crippen molar-refractivity contribution in [1.29, 1.82) is 0 Å². The molecular formula is C22H15BrN2O. The van der Waals surface area contributed by atoms with E-state index in [2.05, 4.69) is 32.0 Å². The van der Waals surface area contributed by atoms with Crippen molar-refractivity contribution in [2.45, 2.75) is 0 Å². The van der Waals surface area contributed by atoms with E-state index in [1.165, 1.54) is 0 Å². The highest BCUT2D eigenvalue weighted by molar-refractivity contribution is 9.10. The van der Waals surface area contributed by atoms with Gasteiger partial charge >= 0.3 is 0 Å². The van der Waals surface area contributed by atoms with Gasteiger partial charge in [0.05, 0.1) is 5.69 Å². The average molecular weight is 403 g/mol. The van der Waals surface area contributed by atoms with E-state index >= 15 is 0 Å². The second-order valence-corrected chi connectivity index (χ2v) is 6.65. The Balaban J connectivity index is 1.54. The number of aromatic nitrogens is 1. The molecule has 0 aliphatic carbocycles. The van der Waals surface area contributed by atoms with Gasteiger partial charge in [-0.25, -0.2) is 4.98 Å². The van der Waals surface area contributed by atoms with E-state index < -0.39 is 0 Å². The van der Waals surface area contributed by atoms with E-state index in [0.717, 1.165) is 32.4 Å². The minimum Gasteiger partial charge on any atom is -0.436 e. The summed E-state index contributed by atoms with van der Waals surface area (Å²) in [5, 5.41) is 0. The Morgan fingerprint density at radius 1 is 0.923 bits per heavy atom. The summed E-state index contributed by atoms with van der Waals surface area (Å²) in [7, 11) is 0. The van der Waals surface area contributed by atoms with Crippen LogP contribution in [0.25, 0.3) is 28.6 Å². The molecule has 0 N–H and O–H groups in total. The highest BCUT2D eigenvalue weighted by Gasteiger charge is 2.07. The summed E-state index contributed by atoms with van der Waals surface area (Å²) in [6.45, 7) is 0. The maximum atomic E-state index is 5.82. The van der Waals surface area contributed by atoms with E-state index in [1.54, 1.807) is 6.21 Å². The molecule has 0 amide bonds. The minimum absolute atomic E-state index is 0.622. The lowest BCUT2D eigenvalue weighted by molar-refractivity contribution is 0.620. The van der Waals surface area contributed by atoms with Gasteiger partial charge in [0.2, 0.25) is 5.89 Å². The summed E-state index contributed by atoms with van der Waals surface area (Å²) in [6.07, 6.45) is 5.71. The summed E-state index contributed by atoms with van der Waals surface area (Å²) in [5.74, 6) is 0.622. The molecule has 0 radical (unpaired) electrons. The fraction of sp³-hybridized carbons (Fsp3) is 0. The lowest BCUT2D eigenvalue weighted by Crippen LogP contribution is -1.75. The van der Waals surface area contributed by atoms with Gasteiger partial charge in [-0.3, -0.25) is 4.99 Å². The van der Waals surface area contributed by atoms with Crippen LogP contribution in [0.2, 0.25) is 0 Å². The smallest absolute Gasteiger partial charge is 0.227 e. The first-order valence-corrected chi connectivity index (χ1v) is 8.99. The molecule has 0 aliphatic heterocycles. The van der Waals surface area contributed by atoms with Gasteiger partial charge in [0, 0.05) is 16.3 Å². The fourth-order valence-electron chi connectivity index (χ4n) is 2.59. The lowest BCUT2D eigenvalue weighted by Gasteiger charge is -1.93. The summed E-state index contributed by atoms with van der Waals surface area (Å²) in [4.78, 5) is 9.04. The monoisotopic (exact) mass is 402 g/mol. The second kappa shape index (κ2) is 7.50. The van der Waals surface area contributed by atoms with E-state index in [-0.39, 0.29) is 0 Å². The summed E-state index contributed by atoms with van der Waals surface area (Å²) >= 11 is 3.47. The van der Waals surface area contributed by atoms with Gasteiger partial charge in [-0.15, -0.1) is 0 Å². The zero-order chi connectivity index (χ0) is 17.8. The number of benzene rings is 3. The first-order valence-electron chi connectivity index (χ1n) is 8.20. The molecule has 26 heavy (non-hydrogen) atoms. The number of rotatable bonds is 4. The molecule has 3 aromatic carbocycles. The quantitative estimate of drug-likeness (QED) is 0.357. The summed E-state index contributed by atoms with van der Waals surface area (Å²) in [5.41, 5.74) is 4.47. The molecular weight excluding hydrogens is 388 g/mol. The number of hydrogen-bond acceptors (Lipinski definition) is 3. The van der Waals surface area contributed by atoms with Crippen molar-refractivity contribution in [3.05, 3.63) is 88.9 Å². The predicted octanol–water partition coefficient (Wildman–Crippen LogP) is 6.67. The standard InChI is InChI=1S/C22H15BrN2O/c23-18-10-4-6-16(14-18)7-5-13-24-19-11-12-21-20(15-19)25-22(26-21)17-8-2-1-3-9-17/h1-15H/b7-5+,24-13?. The van der Waals surface area contributed by atoms with Gasteiger partial charge in [-0.2, -0.15) is 0 Å². The summed E-state index contributed by atoms with van der Waals surface area (Å²) in [6, 6.07) is 23.7. The molecule has 0 aliphatic rings. The van der Waals surface area contributed by atoms with Gasteiger partial charge in [0.1, 0.15) is 5.52 Å². The molecule has 0 saturated carbocycles. The maximum absolute atomic E-state index is 5.82. The van der Waals surface area contributed by atoms with Crippen molar-refractivity contribution >= 4 is 45.0 Å². The second-order valence-electron chi connectivity index (χ2n) is 5.73. The maximum Gasteiger partial charge on any atom is 0.227 e. The molecule has 1 heterocycles. The molecule has 4 aromatic rings. The van der Waals surface area contributed by atoms with E-state index in [0.29, 0.717) is 5.89 Å². The third kappa shape index (κ3) is 3.81. The highest BCUT2D eigenvalue weighted by Crippen LogP contribution is 2.26. The van der Waals surface area contributed by atoms with Crippen LogP contribution in [0, 0.1) is 0 Å². The number of oxazole rings is 1. The van der Waals surface area contributed by atoms with Crippen molar-refractivity contribution in [3.63, 3.8) is 0 Å². The molecule has 3 nitrogen and oxygen atoms in total. The first-order chi connectivity index (χ1) is 12.8. The van der Waals surface area contributed by atoms with Crippen LogP contribution in [0.5, 0.6) is 0 Å². The zero-order valence-electron chi connectivity index (χ0n) is 13.8. The van der Waals surface area contributed by atoms with Crippen LogP contribution in [0.3, 0.4) is 0 Å². The summed E-state index contributed by atoms with van der Waals surface area (Å²) < 4.78 is 6.88. The Bertz CT molecular complexity index is 1100. The molecule has 4 rings (SSSR count). The van der Waals surface area contributed by atoms with Crippen molar-refractivity contribution in [2.75, 3.05) is 0 Å². The Hall–Kier alpha value is -2.98. The Morgan fingerprint density at radius 2 is 1.81 bits per heavy atom. The molecule has 0 atom stereocenters. The van der Waals surface area contributed by atoms with E-state index in [1.807, 2.05) is 78.9 Å². The van der Waals surface area contributed by atoms with E-state index in [4.69, 9.17) is 4.42 Å². The first kappa shape index (κ1) is 16.5. The van der Waals surface area contributed by atoms with Crippen LogP contribution in [0.1, 0.15) is 5.56 Å². The number of fused-ring (bicyclic) bond motifs is 1. The third-order valence-electron chi connectivity index (χ3n) is 3.84. The van der Waals surface area contributed by atoms with Gasteiger partial charge in [0.15, 0.2) is 5.58 Å². The van der Waals surface area contributed by atoms with Gasteiger partial charge in [-0.05, 0) is 54.1 Å². The zero-order valence-corrected chi connectivity index (χ0v) is 15.4. The molecule has 4 heteroatoms. The number of nitrogens with zero attached hydrogens (tertiary/aromatic N) is 2. The number of hydrogen-bond donors (Lipinski definition) is 0. The van der Waals surface area contributed by atoms with Crippen molar-refractivity contribution < 1.29 is 4.42 Å². The van der Waals surface area contributed by atoms with Crippen LogP contribution in [0.4, 0.5) is 5.69 Å². The van der Waals surface area contributed by atoms with Crippen LogP contribution < -0.4 is 0 Å². The molecule has 0 bridgehead atoms. The average Bonchev–Trinajstić information content (AvgIpc) is 3.09. The van der Waals surface area contributed by atoms with Crippen LogP contribution in [0.15, 0.2) is 92.8 Å². The molecule has 0 unspecified atom stereocenters. The van der Waals surface area contributed by atoms with Gasteiger partial charge in [0.25, 0.3) is 0 Å². The lowest BCUT2D eigenvalue weighted by atomic mass is 10.2. The Morgan fingerprint density at radius 3 is 2.65 bits per heavy atom. The topological polar surface area (TPSA) is 38.4 Å². The van der Waals surface area contributed by atoms with Crippen LogP contribution in [-0.4, -0.2) is 11.2 Å². The van der Waals surface area contributed by atoms with Crippen molar-refractivity contribution in [1.82, 2.24) is 4.98 Å². The third-order valence-corrected chi connectivity index (χ3v) is 4.33. The molecule has 126 valence electrons. The fourth-order valence-corrected chi connectivity index (χ4v) is 3.01. The molecule has 0 spiro atoms. The SMILES string of the molecule is Brc1cccc(/C=C/C=Nc2ccc3oc(-c4ccccc4)nc3c2)c1. The minimum atomic E-state index is 0.622. The predicted molar refractivity (Wildman–Crippen MR) is 111 cm³/mol. The highest BCUT2D eigenvalue weighted by atomic mass is 79.9. The number of allylic oxidation sites excluding steroid dienone is 1. The van der Waals surface area contributed by atoms with Gasteiger partial charge < -0.3 is 4.42 Å². The van der Waals surface area contributed by atoms with Crippen molar-refractivity contribution in [2.24, 2.45) is 4.99 Å². The number of aliphatic imine (C=N–C) groups is 1.